The molecule has 0 spiro atoms. The van der Waals surface area contributed by atoms with Gasteiger partial charge in [0.2, 0.25) is 0 Å². The molecule has 0 saturated carbocycles. The number of aliphatic carboxylic acids is 1. The average molecular weight is 259 g/mol. The Hall–Kier alpha value is -2.17. The van der Waals surface area contributed by atoms with Gasteiger partial charge in [-0.3, -0.25) is 4.79 Å². The molecule has 0 aliphatic rings. The van der Waals surface area contributed by atoms with Crippen LogP contribution in [0.15, 0.2) is 30.5 Å². The third-order valence-corrected chi connectivity index (χ3v) is 3.04. The van der Waals surface area contributed by atoms with Gasteiger partial charge in [-0.05, 0) is 12.3 Å². The molecule has 0 fully saturated rings. The molecular weight excluding hydrogens is 242 g/mol. The topological polar surface area (TPSA) is 75.1 Å². The van der Waals surface area contributed by atoms with Crippen molar-refractivity contribution in [3.05, 3.63) is 30.5 Å². The molecule has 0 aliphatic heterocycles. The normalized spacial score (nSPS) is 12.3. The van der Waals surface area contributed by atoms with Crippen molar-refractivity contribution in [1.82, 2.24) is 10.2 Å². The Labute approximate surface area is 111 Å². The number of anilines is 1. The highest BCUT2D eigenvalue weighted by atomic mass is 16.4. The first-order valence-corrected chi connectivity index (χ1v) is 6.33. The summed E-state index contributed by atoms with van der Waals surface area (Å²) >= 11 is 0. The van der Waals surface area contributed by atoms with Gasteiger partial charge in [0.05, 0.1) is 6.20 Å². The van der Waals surface area contributed by atoms with Crippen LogP contribution in [-0.4, -0.2) is 27.8 Å². The zero-order valence-corrected chi connectivity index (χ0v) is 10.8. The SMILES string of the molecule is CC(CCC(=O)O)CNc1nncc2ccccc12. The summed E-state index contributed by atoms with van der Waals surface area (Å²) < 4.78 is 0. The molecule has 0 saturated heterocycles. The van der Waals surface area contributed by atoms with Crippen LogP contribution in [0.25, 0.3) is 10.8 Å². The summed E-state index contributed by atoms with van der Waals surface area (Å²) in [5, 5.41) is 22.0. The molecule has 0 aliphatic carbocycles. The van der Waals surface area contributed by atoms with Crippen molar-refractivity contribution < 1.29 is 9.90 Å². The van der Waals surface area contributed by atoms with E-state index in [0.717, 1.165) is 16.6 Å². The van der Waals surface area contributed by atoms with Gasteiger partial charge >= 0.3 is 5.97 Å². The van der Waals surface area contributed by atoms with Crippen molar-refractivity contribution in [2.45, 2.75) is 19.8 Å². The van der Waals surface area contributed by atoms with E-state index in [1.54, 1.807) is 6.20 Å². The van der Waals surface area contributed by atoms with Crippen molar-refractivity contribution >= 4 is 22.6 Å². The highest BCUT2D eigenvalue weighted by Crippen LogP contribution is 2.19. The Morgan fingerprint density at radius 2 is 2.21 bits per heavy atom. The predicted molar refractivity (Wildman–Crippen MR) is 74.1 cm³/mol. The van der Waals surface area contributed by atoms with Gasteiger partial charge in [-0.2, -0.15) is 5.10 Å². The Kier molecular flexibility index (Phi) is 4.28. The molecule has 19 heavy (non-hydrogen) atoms. The summed E-state index contributed by atoms with van der Waals surface area (Å²) in [6.45, 7) is 2.71. The molecule has 100 valence electrons. The molecule has 5 heteroatoms. The molecule has 1 aromatic heterocycles. The molecule has 1 unspecified atom stereocenters. The highest BCUT2D eigenvalue weighted by molar-refractivity contribution is 5.90. The maximum absolute atomic E-state index is 10.5. The van der Waals surface area contributed by atoms with E-state index in [4.69, 9.17) is 5.11 Å². The molecule has 1 heterocycles. The average Bonchev–Trinajstić information content (AvgIpc) is 2.42. The van der Waals surface area contributed by atoms with Crippen molar-refractivity contribution in [3.63, 3.8) is 0 Å². The fourth-order valence-corrected chi connectivity index (χ4v) is 1.90. The number of nitrogens with one attached hydrogen (secondary N) is 1. The molecule has 1 aromatic carbocycles. The first kappa shape index (κ1) is 13.3. The molecule has 0 bridgehead atoms. The molecule has 5 nitrogen and oxygen atoms in total. The van der Waals surface area contributed by atoms with E-state index in [1.807, 2.05) is 31.2 Å². The van der Waals surface area contributed by atoms with E-state index in [0.29, 0.717) is 13.0 Å². The first-order chi connectivity index (χ1) is 9.16. The number of nitrogens with zero attached hydrogens (tertiary/aromatic N) is 2. The highest BCUT2D eigenvalue weighted by Gasteiger charge is 2.07. The number of fused-ring (bicyclic) bond motifs is 1. The van der Waals surface area contributed by atoms with Crippen LogP contribution >= 0.6 is 0 Å². The zero-order chi connectivity index (χ0) is 13.7. The predicted octanol–water partition coefficient (Wildman–Crippen LogP) is 2.54. The lowest BCUT2D eigenvalue weighted by atomic mass is 10.1. The van der Waals surface area contributed by atoms with E-state index in [-0.39, 0.29) is 12.3 Å². The van der Waals surface area contributed by atoms with Gasteiger partial charge in [0.15, 0.2) is 5.82 Å². The van der Waals surface area contributed by atoms with Crippen LogP contribution in [0.1, 0.15) is 19.8 Å². The summed E-state index contributed by atoms with van der Waals surface area (Å²) in [6, 6.07) is 7.91. The Morgan fingerprint density at radius 3 is 3.00 bits per heavy atom. The molecule has 0 amide bonds. The first-order valence-electron chi connectivity index (χ1n) is 6.33. The summed E-state index contributed by atoms with van der Waals surface area (Å²) in [4.78, 5) is 10.5. The lowest BCUT2D eigenvalue weighted by Crippen LogP contribution is -2.14. The van der Waals surface area contributed by atoms with E-state index >= 15 is 0 Å². The van der Waals surface area contributed by atoms with E-state index < -0.39 is 5.97 Å². The van der Waals surface area contributed by atoms with Gasteiger partial charge in [-0.25, -0.2) is 0 Å². The van der Waals surface area contributed by atoms with Crippen molar-refractivity contribution in [1.29, 1.82) is 0 Å². The molecule has 1 atom stereocenters. The van der Waals surface area contributed by atoms with Crippen LogP contribution in [0.3, 0.4) is 0 Å². The maximum Gasteiger partial charge on any atom is 0.303 e. The standard InChI is InChI=1S/C14H17N3O2/c1-10(6-7-13(18)19)8-15-14-12-5-3-2-4-11(12)9-16-17-14/h2-5,9-10H,6-8H2,1H3,(H,15,17)(H,18,19). The van der Waals surface area contributed by atoms with E-state index in [2.05, 4.69) is 15.5 Å². The molecular formula is C14H17N3O2. The van der Waals surface area contributed by atoms with Gasteiger partial charge in [0, 0.05) is 23.7 Å². The van der Waals surface area contributed by atoms with Gasteiger partial charge in [-0.1, -0.05) is 31.2 Å². The van der Waals surface area contributed by atoms with Crippen molar-refractivity contribution in [2.24, 2.45) is 5.92 Å². The Bertz CT molecular complexity index is 566. The number of carbonyl (C=O) groups is 1. The second kappa shape index (κ2) is 6.13. The number of benzene rings is 1. The van der Waals surface area contributed by atoms with Crippen LogP contribution in [0.4, 0.5) is 5.82 Å². The smallest absolute Gasteiger partial charge is 0.303 e. The number of carboxylic acid groups (broad SMARTS) is 1. The second-order valence-electron chi connectivity index (χ2n) is 4.70. The molecule has 2 rings (SSSR count). The maximum atomic E-state index is 10.5. The van der Waals surface area contributed by atoms with E-state index in [1.165, 1.54) is 0 Å². The van der Waals surface area contributed by atoms with Crippen LogP contribution in [0, 0.1) is 5.92 Å². The second-order valence-corrected chi connectivity index (χ2v) is 4.70. The zero-order valence-electron chi connectivity index (χ0n) is 10.8. The quantitative estimate of drug-likeness (QED) is 0.833. The molecule has 0 radical (unpaired) electrons. The van der Waals surface area contributed by atoms with Gasteiger partial charge in [-0.15, -0.1) is 5.10 Å². The number of carboxylic acids is 1. The summed E-state index contributed by atoms with van der Waals surface area (Å²) in [5.74, 6) is 0.272. The van der Waals surface area contributed by atoms with Gasteiger partial charge in [0.25, 0.3) is 0 Å². The fraction of sp³-hybridized carbons (Fsp3) is 0.357. The molecule has 2 aromatic rings. The monoisotopic (exact) mass is 259 g/mol. The lowest BCUT2D eigenvalue weighted by molar-refractivity contribution is -0.137. The third kappa shape index (κ3) is 3.64. The summed E-state index contributed by atoms with van der Waals surface area (Å²) in [5.41, 5.74) is 0. The minimum absolute atomic E-state index is 0.198. The number of aromatic nitrogens is 2. The van der Waals surface area contributed by atoms with Crippen LogP contribution in [0.2, 0.25) is 0 Å². The van der Waals surface area contributed by atoms with Gasteiger partial charge < -0.3 is 10.4 Å². The Morgan fingerprint density at radius 1 is 1.42 bits per heavy atom. The van der Waals surface area contributed by atoms with Crippen LogP contribution < -0.4 is 5.32 Å². The number of rotatable bonds is 6. The van der Waals surface area contributed by atoms with Crippen LogP contribution in [0.5, 0.6) is 0 Å². The lowest BCUT2D eigenvalue weighted by Gasteiger charge is -2.12. The van der Waals surface area contributed by atoms with E-state index in [9.17, 15) is 4.79 Å². The minimum atomic E-state index is -0.753. The largest absolute Gasteiger partial charge is 0.481 e. The minimum Gasteiger partial charge on any atom is -0.481 e. The summed E-state index contributed by atoms with van der Waals surface area (Å²) in [7, 11) is 0. The van der Waals surface area contributed by atoms with Gasteiger partial charge in [0.1, 0.15) is 0 Å². The van der Waals surface area contributed by atoms with Crippen molar-refractivity contribution in [3.8, 4) is 0 Å². The summed E-state index contributed by atoms with van der Waals surface area (Å²) in [6.07, 6.45) is 2.58. The van der Waals surface area contributed by atoms with Crippen LogP contribution in [-0.2, 0) is 4.79 Å². The number of hydrogen-bond acceptors (Lipinski definition) is 4. The number of hydrogen-bond donors (Lipinski definition) is 2. The molecule has 2 N–H and O–H groups in total. The Balaban J connectivity index is 2.00. The fourth-order valence-electron chi connectivity index (χ4n) is 1.90. The third-order valence-electron chi connectivity index (χ3n) is 3.04. The van der Waals surface area contributed by atoms with Crippen molar-refractivity contribution in [2.75, 3.05) is 11.9 Å².